The topological polar surface area (TPSA) is 143 Å². The first-order valence-electron chi connectivity index (χ1n) is 11.5. The highest BCUT2D eigenvalue weighted by molar-refractivity contribution is 7.87. The number of carbonyl (C=O) groups is 1. The molecule has 1 fully saturated rings. The summed E-state index contributed by atoms with van der Waals surface area (Å²) in [5.74, 6) is -0.836. The number of ether oxygens (including phenoxy) is 2. The molecule has 3 aromatic rings. The van der Waals surface area contributed by atoms with Crippen LogP contribution in [0, 0.1) is 13.8 Å². The summed E-state index contributed by atoms with van der Waals surface area (Å²) in [4.78, 5) is 12.3. The van der Waals surface area contributed by atoms with Crippen LogP contribution in [0.15, 0.2) is 88.7 Å². The van der Waals surface area contributed by atoms with E-state index in [4.69, 9.17) is 17.8 Å². The highest BCUT2D eigenvalue weighted by Gasteiger charge is 2.48. The lowest BCUT2D eigenvalue weighted by Crippen LogP contribution is -2.57. The third-order valence-corrected chi connectivity index (χ3v) is 8.42. The largest absolute Gasteiger partial charge is 0.453 e. The molecule has 1 N–H and O–H groups in total. The highest BCUT2D eigenvalue weighted by atomic mass is 32.2. The van der Waals surface area contributed by atoms with Gasteiger partial charge in [0.25, 0.3) is 20.2 Å². The normalized spacial score (nSPS) is 22.1. The van der Waals surface area contributed by atoms with Crippen molar-refractivity contribution in [1.29, 1.82) is 0 Å². The molecular weight excluding hydrogens is 536 g/mol. The molecule has 1 aliphatic rings. The van der Waals surface area contributed by atoms with E-state index in [1.807, 2.05) is 0 Å². The fraction of sp³-hybridized carbons (Fsp3) is 0.269. The molecular formula is C26H26O10S2. The minimum atomic E-state index is -4.53. The zero-order chi connectivity index (χ0) is 27.5. The average Bonchev–Trinajstić information content (AvgIpc) is 2.88. The Morgan fingerprint density at radius 3 is 1.74 bits per heavy atom. The van der Waals surface area contributed by atoms with Crippen molar-refractivity contribution in [2.45, 2.75) is 48.2 Å². The third-order valence-electron chi connectivity index (χ3n) is 5.77. The van der Waals surface area contributed by atoms with Gasteiger partial charge in [-0.25, -0.2) is 4.79 Å². The van der Waals surface area contributed by atoms with Crippen LogP contribution >= 0.6 is 0 Å². The molecule has 10 nitrogen and oxygen atoms in total. The monoisotopic (exact) mass is 562 g/mol. The Morgan fingerprint density at radius 2 is 1.24 bits per heavy atom. The third kappa shape index (κ3) is 6.46. The Kier molecular flexibility index (Phi) is 8.31. The minimum Gasteiger partial charge on any atom is -0.453 e. The Balaban J connectivity index is 1.69. The van der Waals surface area contributed by atoms with E-state index in [1.165, 1.54) is 36.4 Å². The molecule has 0 aliphatic carbocycles. The maximum Gasteiger partial charge on any atom is 0.338 e. The van der Waals surface area contributed by atoms with Crippen LogP contribution in [0.1, 0.15) is 21.5 Å². The van der Waals surface area contributed by atoms with E-state index in [0.29, 0.717) is 0 Å². The summed E-state index contributed by atoms with van der Waals surface area (Å²) in [5, 5.41) is 10.5. The zero-order valence-corrected chi connectivity index (χ0v) is 22.1. The van der Waals surface area contributed by atoms with Crippen molar-refractivity contribution in [3.63, 3.8) is 0 Å². The second-order valence-electron chi connectivity index (χ2n) is 8.69. The zero-order valence-electron chi connectivity index (χ0n) is 20.5. The smallest absolute Gasteiger partial charge is 0.338 e. The molecule has 1 heterocycles. The van der Waals surface area contributed by atoms with Crippen molar-refractivity contribution in [2.75, 3.05) is 6.61 Å². The van der Waals surface area contributed by atoms with Crippen molar-refractivity contribution in [2.24, 2.45) is 0 Å². The van der Waals surface area contributed by atoms with Gasteiger partial charge in [0.15, 0.2) is 18.5 Å². The van der Waals surface area contributed by atoms with Gasteiger partial charge < -0.3 is 14.6 Å². The van der Waals surface area contributed by atoms with Gasteiger partial charge in [-0.05, 0) is 50.2 Å². The summed E-state index contributed by atoms with van der Waals surface area (Å²) in [7, 11) is -9.05. The molecule has 0 spiro atoms. The molecule has 1 saturated heterocycles. The van der Waals surface area contributed by atoms with Gasteiger partial charge in [0.1, 0.15) is 6.10 Å². The molecule has 0 radical (unpaired) electrons. The van der Waals surface area contributed by atoms with Gasteiger partial charge >= 0.3 is 5.97 Å². The van der Waals surface area contributed by atoms with Crippen LogP contribution in [0.25, 0.3) is 0 Å². The van der Waals surface area contributed by atoms with Crippen molar-refractivity contribution < 1.29 is 44.6 Å². The van der Waals surface area contributed by atoms with E-state index in [0.717, 1.165) is 11.1 Å². The maximum atomic E-state index is 13.1. The number of aliphatic hydroxyl groups excluding tert-OH is 1. The molecule has 3 aromatic carbocycles. The first-order chi connectivity index (χ1) is 18.0. The Bertz CT molecular complexity index is 1470. The van der Waals surface area contributed by atoms with Crippen molar-refractivity contribution in [3.8, 4) is 0 Å². The van der Waals surface area contributed by atoms with Crippen LogP contribution in [-0.2, 0) is 38.1 Å². The first-order valence-corrected chi connectivity index (χ1v) is 14.3. The van der Waals surface area contributed by atoms with Crippen molar-refractivity contribution >= 4 is 26.2 Å². The highest BCUT2D eigenvalue weighted by Crippen LogP contribution is 2.30. The van der Waals surface area contributed by atoms with E-state index < -0.39 is 57.4 Å². The Labute approximate surface area is 221 Å². The van der Waals surface area contributed by atoms with Gasteiger partial charge in [0.2, 0.25) is 0 Å². The Hall–Kier alpha value is -3.13. The van der Waals surface area contributed by atoms with Crippen LogP contribution in [0.4, 0.5) is 0 Å². The average molecular weight is 563 g/mol. The van der Waals surface area contributed by atoms with Crippen LogP contribution in [0.2, 0.25) is 0 Å². The van der Waals surface area contributed by atoms with Crippen LogP contribution in [-0.4, -0.2) is 59.1 Å². The van der Waals surface area contributed by atoms with E-state index in [-0.39, 0.29) is 15.4 Å². The van der Waals surface area contributed by atoms with Gasteiger partial charge in [-0.1, -0.05) is 53.6 Å². The molecule has 0 amide bonds. The lowest BCUT2D eigenvalue weighted by molar-refractivity contribution is -0.237. The molecule has 4 rings (SSSR count). The predicted molar refractivity (Wildman–Crippen MR) is 134 cm³/mol. The molecule has 0 unspecified atom stereocenters. The maximum absolute atomic E-state index is 13.1. The van der Waals surface area contributed by atoms with Gasteiger partial charge in [0.05, 0.1) is 22.0 Å². The lowest BCUT2D eigenvalue weighted by atomic mass is 10.1. The number of rotatable bonds is 8. The van der Waals surface area contributed by atoms with Gasteiger partial charge in [-0.2, -0.15) is 16.8 Å². The summed E-state index contributed by atoms with van der Waals surface area (Å²) in [5.41, 5.74) is 1.75. The molecule has 1 aliphatic heterocycles. The van der Waals surface area contributed by atoms with E-state index in [2.05, 4.69) is 0 Å². The molecule has 0 bridgehead atoms. The number of benzene rings is 3. The number of hydrogen-bond acceptors (Lipinski definition) is 10. The Morgan fingerprint density at radius 1 is 0.763 bits per heavy atom. The summed E-state index contributed by atoms with van der Waals surface area (Å²) in [6.07, 6.45) is -7.05. The quantitative estimate of drug-likeness (QED) is 0.322. The fourth-order valence-electron chi connectivity index (χ4n) is 3.67. The second-order valence-corrected chi connectivity index (χ2v) is 11.8. The summed E-state index contributed by atoms with van der Waals surface area (Å²) < 4.78 is 73.7. The van der Waals surface area contributed by atoms with Crippen molar-refractivity contribution in [1.82, 2.24) is 0 Å². The molecule has 0 saturated carbocycles. The predicted octanol–water partition coefficient (Wildman–Crippen LogP) is 2.73. The van der Waals surface area contributed by atoms with Crippen molar-refractivity contribution in [3.05, 3.63) is 95.6 Å². The van der Waals surface area contributed by atoms with E-state index in [1.54, 1.807) is 56.3 Å². The van der Waals surface area contributed by atoms with Crippen LogP contribution in [0.3, 0.4) is 0 Å². The second kappa shape index (κ2) is 11.3. The number of esters is 1. The number of hydrogen-bond donors (Lipinski definition) is 1. The van der Waals surface area contributed by atoms with Crippen LogP contribution < -0.4 is 0 Å². The van der Waals surface area contributed by atoms with Gasteiger partial charge in [0, 0.05) is 0 Å². The SMILES string of the molecule is Cc1ccc(S(=O)(=O)O[C@@H]2[C@@H](OS(=O)(=O)c3ccc(C)cc3)[C@@H](OC(=O)c3ccccc3)CO[C@H]2O)cc1. The molecule has 0 aromatic heterocycles. The number of aryl methyl sites for hydroxylation is 2. The molecule has 202 valence electrons. The lowest BCUT2D eigenvalue weighted by Gasteiger charge is -2.38. The summed E-state index contributed by atoms with van der Waals surface area (Å²) in [6.45, 7) is 3.05. The number of carbonyl (C=O) groups excluding carboxylic acids is 1. The molecule has 4 atom stereocenters. The van der Waals surface area contributed by atoms with E-state index in [9.17, 15) is 26.7 Å². The summed E-state index contributed by atoms with van der Waals surface area (Å²) >= 11 is 0. The van der Waals surface area contributed by atoms with Gasteiger partial charge in [-0.15, -0.1) is 0 Å². The standard InChI is InChI=1S/C26H26O10S2/c1-17-8-12-20(13-9-17)37(29,30)35-23-22(34-25(27)19-6-4-3-5-7-19)16-33-26(28)24(23)36-38(31,32)21-14-10-18(2)11-15-21/h3-15,22-24,26,28H,16H2,1-2H3/t22-,23-,24+,26+/m0/s1. The molecule has 38 heavy (non-hydrogen) atoms. The molecule has 12 heteroatoms. The van der Waals surface area contributed by atoms with Gasteiger partial charge in [-0.3, -0.25) is 8.37 Å². The first kappa shape index (κ1) is 27.9. The minimum absolute atomic E-state index is 0.156. The number of aliphatic hydroxyl groups is 1. The van der Waals surface area contributed by atoms with Crippen LogP contribution in [0.5, 0.6) is 0 Å². The summed E-state index contributed by atoms with van der Waals surface area (Å²) in [6, 6.07) is 19.3. The van der Waals surface area contributed by atoms with E-state index >= 15 is 0 Å². The fourth-order valence-corrected chi connectivity index (χ4v) is 5.85.